The van der Waals surface area contributed by atoms with E-state index in [1.165, 1.54) is 18.9 Å². The van der Waals surface area contributed by atoms with Crippen molar-refractivity contribution >= 4 is 17.7 Å². The zero-order valence-corrected chi connectivity index (χ0v) is 10.2. The van der Waals surface area contributed by atoms with Crippen molar-refractivity contribution in [3.05, 3.63) is 29.3 Å². The van der Waals surface area contributed by atoms with Gasteiger partial charge in [-0.2, -0.15) is 0 Å². The molecule has 96 valence electrons. The third-order valence-corrected chi connectivity index (χ3v) is 2.97. The summed E-state index contributed by atoms with van der Waals surface area (Å²) in [6, 6.07) is 4.55. The molecular formula is C13H16N2O3. The van der Waals surface area contributed by atoms with Gasteiger partial charge in [0, 0.05) is 12.2 Å². The molecule has 2 amide bonds. The third-order valence-electron chi connectivity index (χ3n) is 2.97. The minimum absolute atomic E-state index is 0.204. The predicted octanol–water partition coefficient (Wildman–Crippen LogP) is 2.22. The van der Waals surface area contributed by atoms with Gasteiger partial charge in [0.1, 0.15) is 0 Å². The summed E-state index contributed by atoms with van der Waals surface area (Å²) in [7, 11) is 0. The summed E-state index contributed by atoms with van der Waals surface area (Å²) in [4.78, 5) is 22.5. The number of carboxylic acids is 1. The van der Waals surface area contributed by atoms with Crippen LogP contribution in [0, 0.1) is 12.8 Å². The van der Waals surface area contributed by atoms with Gasteiger partial charge in [-0.05, 0) is 43.4 Å². The molecule has 18 heavy (non-hydrogen) atoms. The number of carbonyl (C=O) groups is 2. The summed E-state index contributed by atoms with van der Waals surface area (Å²) in [5, 5.41) is 14.4. The molecule has 0 atom stereocenters. The average molecular weight is 248 g/mol. The Kier molecular flexibility index (Phi) is 3.50. The van der Waals surface area contributed by atoms with Crippen LogP contribution in [-0.4, -0.2) is 23.7 Å². The fraction of sp³-hybridized carbons (Fsp3) is 0.385. The molecule has 1 saturated carbocycles. The zero-order chi connectivity index (χ0) is 13.1. The van der Waals surface area contributed by atoms with Crippen LogP contribution in [0.2, 0.25) is 0 Å². The molecule has 1 aromatic carbocycles. The SMILES string of the molecule is Cc1ccc(NC(=O)NCC2CC2)cc1C(=O)O. The van der Waals surface area contributed by atoms with Gasteiger partial charge in [-0.3, -0.25) is 0 Å². The summed E-state index contributed by atoms with van der Waals surface area (Å²) in [5.41, 5.74) is 1.37. The molecule has 5 nitrogen and oxygen atoms in total. The molecule has 0 bridgehead atoms. The molecule has 0 spiro atoms. The van der Waals surface area contributed by atoms with Crippen LogP contribution in [0.5, 0.6) is 0 Å². The molecule has 3 N–H and O–H groups in total. The summed E-state index contributed by atoms with van der Waals surface area (Å²) < 4.78 is 0. The van der Waals surface area contributed by atoms with Gasteiger partial charge < -0.3 is 15.7 Å². The Morgan fingerprint density at radius 3 is 2.72 bits per heavy atom. The Morgan fingerprint density at radius 1 is 1.39 bits per heavy atom. The molecular weight excluding hydrogens is 232 g/mol. The Morgan fingerprint density at radius 2 is 2.11 bits per heavy atom. The summed E-state index contributed by atoms with van der Waals surface area (Å²) >= 11 is 0. The van der Waals surface area contributed by atoms with Crippen molar-refractivity contribution in [3.63, 3.8) is 0 Å². The highest BCUT2D eigenvalue weighted by Gasteiger charge is 2.21. The molecule has 1 aliphatic carbocycles. The minimum atomic E-state index is -0.991. The van der Waals surface area contributed by atoms with Crippen molar-refractivity contribution in [1.29, 1.82) is 0 Å². The van der Waals surface area contributed by atoms with Crippen LogP contribution in [0.3, 0.4) is 0 Å². The molecule has 0 aliphatic heterocycles. The first-order chi connectivity index (χ1) is 8.56. The van der Waals surface area contributed by atoms with Crippen LogP contribution in [0.4, 0.5) is 10.5 Å². The highest BCUT2D eigenvalue weighted by atomic mass is 16.4. The van der Waals surface area contributed by atoms with Crippen LogP contribution in [0.15, 0.2) is 18.2 Å². The van der Waals surface area contributed by atoms with E-state index in [4.69, 9.17) is 5.11 Å². The van der Waals surface area contributed by atoms with Gasteiger partial charge in [0.05, 0.1) is 5.56 Å². The van der Waals surface area contributed by atoms with E-state index in [0.29, 0.717) is 23.7 Å². The van der Waals surface area contributed by atoms with E-state index < -0.39 is 5.97 Å². The number of aromatic carboxylic acids is 1. The monoisotopic (exact) mass is 248 g/mol. The quantitative estimate of drug-likeness (QED) is 0.764. The average Bonchev–Trinajstić information content (AvgIpc) is 3.12. The van der Waals surface area contributed by atoms with Crippen molar-refractivity contribution in [2.24, 2.45) is 5.92 Å². The van der Waals surface area contributed by atoms with E-state index in [1.54, 1.807) is 19.1 Å². The van der Waals surface area contributed by atoms with Gasteiger partial charge in [0.25, 0.3) is 0 Å². The van der Waals surface area contributed by atoms with Gasteiger partial charge in [-0.1, -0.05) is 6.07 Å². The van der Waals surface area contributed by atoms with Crippen molar-refractivity contribution in [2.45, 2.75) is 19.8 Å². The lowest BCUT2D eigenvalue weighted by Gasteiger charge is -2.08. The first kappa shape index (κ1) is 12.4. The fourth-order valence-electron chi connectivity index (χ4n) is 1.66. The molecule has 0 aromatic heterocycles. The molecule has 1 fully saturated rings. The van der Waals surface area contributed by atoms with Gasteiger partial charge in [-0.25, -0.2) is 9.59 Å². The number of hydrogen-bond donors (Lipinski definition) is 3. The smallest absolute Gasteiger partial charge is 0.336 e. The van der Waals surface area contributed by atoms with Gasteiger partial charge in [-0.15, -0.1) is 0 Å². The maximum Gasteiger partial charge on any atom is 0.336 e. The van der Waals surface area contributed by atoms with Gasteiger partial charge in [0.2, 0.25) is 0 Å². The first-order valence-electron chi connectivity index (χ1n) is 5.95. The highest BCUT2D eigenvalue weighted by molar-refractivity contribution is 5.94. The first-order valence-corrected chi connectivity index (χ1v) is 5.95. The normalized spacial score (nSPS) is 14.1. The third kappa shape index (κ3) is 3.23. The van der Waals surface area contributed by atoms with Crippen molar-refractivity contribution < 1.29 is 14.7 Å². The Labute approximate surface area is 105 Å². The molecule has 1 aromatic rings. The number of carbonyl (C=O) groups excluding carboxylic acids is 1. The maximum atomic E-state index is 11.5. The number of rotatable bonds is 4. The Balaban J connectivity index is 1.97. The lowest BCUT2D eigenvalue weighted by molar-refractivity contribution is 0.0696. The van der Waals surface area contributed by atoms with E-state index in [0.717, 1.165) is 0 Å². The number of nitrogens with one attached hydrogen (secondary N) is 2. The molecule has 5 heteroatoms. The maximum absolute atomic E-state index is 11.5. The standard InChI is InChI=1S/C13H16N2O3/c1-8-2-5-10(6-11(8)12(16)17)15-13(18)14-7-9-3-4-9/h2,5-6,9H,3-4,7H2,1H3,(H,16,17)(H2,14,15,18). The Bertz CT molecular complexity index is 481. The number of hydrogen-bond acceptors (Lipinski definition) is 2. The minimum Gasteiger partial charge on any atom is -0.478 e. The molecule has 2 rings (SSSR count). The zero-order valence-electron chi connectivity index (χ0n) is 10.2. The number of benzene rings is 1. The fourth-order valence-corrected chi connectivity index (χ4v) is 1.66. The number of urea groups is 1. The molecule has 0 saturated heterocycles. The van der Waals surface area contributed by atoms with Crippen LogP contribution >= 0.6 is 0 Å². The van der Waals surface area contributed by atoms with E-state index in [9.17, 15) is 9.59 Å². The van der Waals surface area contributed by atoms with Crippen molar-refractivity contribution in [1.82, 2.24) is 5.32 Å². The molecule has 1 aliphatic rings. The van der Waals surface area contributed by atoms with Crippen LogP contribution in [-0.2, 0) is 0 Å². The van der Waals surface area contributed by atoms with E-state index in [2.05, 4.69) is 10.6 Å². The summed E-state index contributed by atoms with van der Waals surface area (Å²) in [6.45, 7) is 2.41. The number of anilines is 1. The lowest BCUT2D eigenvalue weighted by Crippen LogP contribution is -2.30. The number of aryl methyl sites for hydroxylation is 1. The van der Waals surface area contributed by atoms with E-state index >= 15 is 0 Å². The van der Waals surface area contributed by atoms with Crippen LogP contribution < -0.4 is 10.6 Å². The number of amides is 2. The van der Waals surface area contributed by atoms with Crippen LogP contribution in [0.1, 0.15) is 28.8 Å². The topological polar surface area (TPSA) is 78.4 Å². The lowest BCUT2D eigenvalue weighted by atomic mass is 10.1. The van der Waals surface area contributed by atoms with E-state index in [-0.39, 0.29) is 11.6 Å². The van der Waals surface area contributed by atoms with Crippen LogP contribution in [0.25, 0.3) is 0 Å². The highest BCUT2D eigenvalue weighted by Crippen LogP contribution is 2.27. The molecule has 0 heterocycles. The largest absolute Gasteiger partial charge is 0.478 e. The van der Waals surface area contributed by atoms with E-state index in [1.807, 2.05) is 0 Å². The van der Waals surface area contributed by atoms with Crippen molar-refractivity contribution in [3.8, 4) is 0 Å². The molecule has 0 radical (unpaired) electrons. The van der Waals surface area contributed by atoms with Gasteiger partial charge in [0.15, 0.2) is 0 Å². The summed E-state index contributed by atoms with van der Waals surface area (Å²) in [5.74, 6) is -0.377. The second kappa shape index (κ2) is 5.08. The summed E-state index contributed by atoms with van der Waals surface area (Å²) in [6.07, 6.45) is 2.35. The van der Waals surface area contributed by atoms with Gasteiger partial charge >= 0.3 is 12.0 Å². The number of carboxylic acid groups (broad SMARTS) is 1. The second-order valence-corrected chi connectivity index (χ2v) is 4.61. The van der Waals surface area contributed by atoms with Crippen molar-refractivity contribution in [2.75, 3.05) is 11.9 Å². The second-order valence-electron chi connectivity index (χ2n) is 4.61. The predicted molar refractivity (Wildman–Crippen MR) is 67.9 cm³/mol. The Hall–Kier alpha value is -2.04. The molecule has 0 unspecified atom stereocenters.